The lowest BCUT2D eigenvalue weighted by molar-refractivity contribution is 0.280. The summed E-state index contributed by atoms with van der Waals surface area (Å²) in [4.78, 5) is 19.8. The second-order valence-corrected chi connectivity index (χ2v) is 18.8. The van der Waals surface area contributed by atoms with Crippen LogP contribution < -0.4 is 39.5 Å². The second kappa shape index (κ2) is 25.6. The van der Waals surface area contributed by atoms with Gasteiger partial charge < -0.3 is 49.8 Å². The summed E-state index contributed by atoms with van der Waals surface area (Å²) in [5, 5.41) is 47.8. The fraction of sp³-hybridized carbons (Fsp3) is 0.356. The standard InChI is InChI=1S/C45H54N14O8S3.O3S/c1-9-57(10-2)35-21-31(33(23-37(35)65-6)51-53-41-27-19-26(5)13-14-29(27)55-68-41)46-43-48-44(50-45(49-43)59(15-17-60)16-18-61)47-32-22-36(58(11-3)12-4)38(66-7)24-34(32)52-54-42-28-20-39(67-8)40(70(62,63)64)25-30(28)56-69-42;1-4(2)3/h13-14,19-25,60-61H,9-12,15-18H2,1-8H3,(H,62,63,64)(H2,46,47,48,49,50);. The van der Waals surface area contributed by atoms with E-state index in [1.165, 1.54) is 30.8 Å². The number of aromatic nitrogens is 5. The number of fused-ring (bicyclic) bond motifs is 2. The molecule has 29 heteroatoms. The van der Waals surface area contributed by atoms with Crippen LogP contribution in [-0.4, -0.2) is 133 Å². The molecular weight excluding hydrogens is 1040 g/mol. The molecule has 25 nitrogen and oxygen atoms in total. The fourth-order valence-electron chi connectivity index (χ4n) is 7.53. The van der Waals surface area contributed by atoms with Crippen molar-refractivity contribution in [3.63, 3.8) is 0 Å². The second-order valence-electron chi connectivity index (χ2n) is 15.5. The van der Waals surface area contributed by atoms with Gasteiger partial charge in [-0.15, -0.1) is 33.1 Å². The highest BCUT2D eigenvalue weighted by atomic mass is 32.2. The van der Waals surface area contributed by atoms with Gasteiger partial charge in [0.1, 0.15) is 33.5 Å². The van der Waals surface area contributed by atoms with Crippen LogP contribution in [0.1, 0.15) is 33.3 Å². The molecule has 74 heavy (non-hydrogen) atoms. The number of aliphatic hydroxyl groups is 2. The molecule has 3 heterocycles. The normalized spacial score (nSPS) is 11.5. The van der Waals surface area contributed by atoms with Gasteiger partial charge in [-0.3, -0.25) is 4.55 Å². The molecule has 0 aliphatic rings. The number of anilines is 7. The quantitative estimate of drug-likeness (QED) is 0.0296. The summed E-state index contributed by atoms with van der Waals surface area (Å²) in [6.45, 7) is 12.4. The van der Waals surface area contributed by atoms with Crippen LogP contribution in [0.5, 0.6) is 17.2 Å². The number of ether oxygens (including phenoxy) is 3. The number of nitrogens with one attached hydrogen (secondary N) is 2. The number of nitrogens with zero attached hydrogens (tertiary/aromatic N) is 12. The minimum atomic E-state index is -4.62. The third-order valence-electron chi connectivity index (χ3n) is 11.1. The monoisotopic (exact) mass is 1090 g/mol. The Morgan fingerprint density at radius 3 is 1.51 bits per heavy atom. The van der Waals surface area contributed by atoms with E-state index in [1.54, 1.807) is 31.3 Å². The maximum atomic E-state index is 12.1. The van der Waals surface area contributed by atoms with Crippen molar-refractivity contribution >= 4 is 128 Å². The molecule has 4 aromatic carbocycles. The minimum absolute atomic E-state index is 0.0540. The Balaban J connectivity index is 0.00000215. The number of methoxy groups -OCH3 is 3. The van der Waals surface area contributed by atoms with Gasteiger partial charge in [-0.25, -0.2) is 0 Å². The molecule has 7 rings (SSSR count). The molecule has 7 aromatic rings. The first-order valence-electron chi connectivity index (χ1n) is 22.6. The Bertz CT molecular complexity index is 3380. The van der Waals surface area contributed by atoms with Crippen molar-refractivity contribution in [3.8, 4) is 17.2 Å². The van der Waals surface area contributed by atoms with Crippen LogP contribution in [0, 0.1) is 6.92 Å². The lowest BCUT2D eigenvalue weighted by Gasteiger charge is -2.25. The molecule has 0 spiro atoms. The lowest BCUT2D eigenvalue weighted by atomic mass is 10.2. The molecule has 0 saturated heterocycles. The summed E-state index contributed by atoms with van der Waals surface area (Å²) in [7, 11) is -3.29. The molecule has 0 fully saturated rings. The summed E-state index contributed by atoms with van der Waals surface area (Å²) < 4.78 is 85.4. The number of hydrogen-bond acceptors (Lipinski definition) is 26. The van der Waals surface area contributed by atoms with E-state index in [9.17, 15) is 23.2 Å². The van der Waals surface area contributed by atoms with Crippen LogP contribution in [0.2, 0.25) is 0 Å². The maximum absolute atomic E-state index is 12.1. The van der Waals surface area contributed by atoms with Crippen molar-refractivity contribution < 1.29 is 50.0 Å². The predicted molar refractivity (Wildman–Crippen MR) is 284 cm³/mol. The van der Waals surface area contributed by atoms with E-state index in [-0.39, 0.29) is 55.4 Å². The van der Waals surface area contributed by atoms with E-state index in [4.69, 9.17) is 46.9 Å². The average Bonchev–Trinajstić information content (AvgIpc) is 3.98. The molecule has 0 saturated carbocycles. The van der Waals surface area contributed by atoms with Gasteiger partial charge >= 0.3 is 10.6 Å². The predicted octanol–water partition coefficient (Wildman–Crippen LogP) is 8.47. The highest BCUT2D eigenvalue weighted by molar-refractivity contribution is 7.86. The molecule has 3 aromatic heterocycles. The van der Waals surface area contributed by atoms with Crippen molar-refractivity contribution in [2.75, 3.05) is 99.1 Å². The maximum Gasteiger partial charge on any atom is 0.425 e. The SMILES string of the molecule is CCN(CC)c1cc(Nc2nc(Nc3cc(N(CC)CC)c(OC)cc3N=Nc3snc4cc(S(=O)(=O)O)c(OC)cc34)nc(N(CCO)CCO)n2)c(N=Nc2snc3ccc(C)cc23)cc1OC.O=S(=O)=O. The van der Waals surface area contributed by atoms with E-state index in [1.807, 2.05) is 65.0 Å². The van der Waals surface area contributed by atoms with Gasteiger partial charge in [-0.2, -0.15) is 32.1 Å². The number of hydrogen-bond donors (Lipinski definition) is 5. The minimum Gasteiger partial charge on any atom is -0.495 e. The molecule has 5 N–H and O–H groups in total. The van der Waals surface area contributed by atoms with Crippen LogP contribution >= 0.6 is 23.1 Å². The zero-order chi connectivity index (χ0) is 53.7. The highest BCUT2D eigenvalue weighted by Gasteiger charge is 2.23. The molecule has 394 valence electrons. The largest absolute Gasteiger partial charge is 0.495 e. The van der Waals surface area contributed by atoms with Gasteiger partial charge in [-0.05, 0) is 94.1 Å². The molecule has 0 unspecified atom stereocenters. The summed E-state index contributed by atoms with van der Waals surface area (Å²) >= 11 is 2.21. The van der Waals surface area contributed by atoms with E-state index in [0.717, 1.165) is 39.4 Å². The number of aliphatic hydroxyl groups excluding tert-OH is 2. The van der Waals surface area contributed by atoms with Crippen LogP contribution in [0.15, 0.2) is 79.9 Å². The molecule has 0 bridgehead atoms. The van der Waals surface area contributed by atoms with Crippen molar-refractivity contribution in [1.82, 2.24) is 23.7 Å². The smallest absolute Gasteiger partial charge is 0.425 e. The molecule has 0 aliphatic heterocycles. The first-order chi connectivity index (χ1) is 35.5. The van der Waals surface area contributed by atoms with Gasteiger partial charge in [0.05, 0.1) is 68.3 Å². The van der Waals surface area contributed by atoms with Crippen LogP contribution in [-0.2, 0) is 20.7 Å². The van der Waals surface area contributed by atoms with Gasteiger partial charge in [0.15, 0.2) is 10.0 Å². The van der Waals surface area contributed by atoms with E-state index < -0.39 is 25.6 Å². The van der Waals surface area contributed by atoms with Gasteiger partial charge in [0.2, 0.25) is 17.8 Å². The van der Waals surface area contributed by atoms with Gasteiger partial charge in [0.25, 0.3) is 10.1 Å². The Hall–Kier alpha value is -7.28. The van der Waals surface area contributed by atoms with Crippen molar-refractivity contribution in [1.29, 1.82) is 0 Å². The fourth-order valence-corrected chi connectivity index (χ4v) is 9.54. The topological polar surface area (TPSA) is 321 Å². The Labute approximate surface area is 435 Å². The number of rotatable bonds is 23. The number of benzene rings is 4. The first-order valence-corrected chi connectivity index (χ1v) is 26.6. The van der Waals surface area contributed by atoms with Crippen molar-refractivity contribution in [2.24, 2.45) is 20.5 Å². The third kappa shape index (κ3) is 13.5. The van der Waals surface area contributed by atoms with Gasteiger partial charge in [0, 0.05) is 62.2 Å². The molecule has 0 atom stereocenters. The molecule has 0 radical (unpaired) electrons. The molecule has 0 aliphatic carbocycles. The van der Waals surface area contributed by atoms with Crippen LogP contribution in [0.3, 0.4) is 0 Å². The number of azo groups is 2. The first kappa shape index (κ1) is 56.0. The summed E-state index contributed by atoms with van der Waals surface area (Å²) in [5.41, 5.74) is 5.23. The Morgan fingerprint density at radius 2 is 1.08 bits per heavy atom. The zero-order valence-corrected chi connectivity index (χ0v) is 44.7. The van der Waals surface area contributed by atoms with Crippen LogP contribution in [0.25, 0.3) is 21.8 Å². The summed E-state index contributed by atoms with van der Waals surface area (Å²) in [6.07, 6.45) is 0. The summed E-state index contributed by atoms with van der Waals surface area (Å²) in [6, 6.07) is 15.8. The van der Waals surface area contributed by atoms with Crippen molar-refractivity contribution in [2.45, 2.75) is 39.5 Å². The summed E-state index contributed by atoms with van der Waals surface area (Å²) in [5.74, 6) is 1.24. The average molecular weight is 1100 g/mol. The number of aryl methyl sites for hydroxylation is 1. The van der Waals surface area contributed by atoms with E-state index >= 15 is 0 Å². The third-order valence-corrected chi connectivity index (χ3v) is 13.5. The zero-order valence-electron chi connectivity index (χ0n) is 41.5. The van der Waals surface area contributed by atoms with Crippen LogP contribution in [0.4, 0.5) is 62.0 Å². The van der Waals surface area contributed by atoms with E-state index in [2.05, 4.69) is 44.5 Å². The Morgan fingerprint density at radius 1 is 0.622 bits per heavy atom. The Kier molecular flexibility index (Phi) is 19.4. The van der Waals surface area contributed by atoms with E-state index in [0.29, 0.717) is 75.8 Å². The molecule has 0 amide bonds. The molecular formula is C45H54N14O11S4. The van der Waals surface area contributed by atoms with Crippen molar-refractivity contribution in [3.05, 3.63) is 60.2 Å². The lowest BCUT2D eigenvalue weighted by Crippen LogP contribution is -2.31. The van der Waals surface area contributed by atoms with Gasteiger partial charge in [-0.1, -0.05) is 11.6 Å². The highest BCUT2D eigenvalue weighted by Crippen LogP contribution is 2.44.